The fourth-order valence-electron chi connectivity index (χ4n) is 4.38. The van der Waals surface area contributed by atoms with E-state index in [1.165, 1.54) is 0 Å². The van der Waals surface area contributed by atoms with Crippen LogP contribution in [0.2, 0.25) is 5.02 Å². The molecule has 2 saturated carbocycles. The maximum atomic E-state index is 14.7. The van der Waals surface area contributed by atoms with Crippen molar-refractivity contribution in [2.45, 2.75) is 64.1 Å². The first kappa shape index (κ1) is 18.6. The average molecular weight is 374 g/mol. The predicted octanol–water partition coefficient (Wildman–Crippen LogP) is 5.49. The number of fused-ring (bicyclic) bond motifs is 2. The van der Waals surface area contributed by atoms with Gasteiger partial charge in [0, 0.05) is 11.5 Å². The average Bonchev–Trinajstić information content (AvgIpc) is 3.11. The normalized spacial score (nSPS) is 30.3. The summed E-state index contributed by atoms with van der Waals surface area (Å²) >= 11 is 5.86. The van der Waals surface area contributed by atoms with Gasteiger partial charge in [-0.2, -0.15) is 0 Å². The second-order valence-electron chi connectivity index (χ2n) is 7.70. The Balaban J connectivity index is 2.05. The van der Waals surface area contributed by atoms with Crippen molar-refractivity contribution in [1.29, 1.82) is 0 Å². The van der Waals surface area contributed by atoms with Crippen molar-refractivity contribution < 1.29 is 18.0 Å². The molecule has 2 aliphatic carbocycles. The number of carbonyl (C=O) groups is 1. The van der Waals surface area contributed by atoms with E-state index < -0.39 is 28.8 Å². The fraction of sp³-hybridized carbons (Fsp3) is 0.632. The largest absolute Gasteiger partial charge is 0.348 e. The van der Waals surface area contributed by atoms with Gasteiger partial charge in [-0.3, -0.25) is 4.79 Å². The molecule has 2 nitrogen and oxygen atoms in total. The zero-order valence-corrected chi connectivity index (χ0v) is 15.2. The van der Waals surface area contributed by atoms with Crippen LogP contribution in [0.15, 0.2) is 12.1 Å². The van der Waals surface area contributed by atoms with Gasteiger partial charge in [-0.25, -0.2) is 13.2 Å². The standard InChI is InChI=1S/C19H23ClF3NO/c1-3-11(2)17(25)24-16(14-13(21)5-4-12(20)15(14)22)18-6-8-19(23,10-18)9-7-18/h4-5,11,16H,3,6-10H2,1-2H3,(H,24,25). The molecule has 1 aromatic rings. The van der Waals surface area contributed by atoms with Gasteiger partial charge in [0.15, 0.2) is 0 Å². The highest BCUT2D eigenvalue weighted by molar-refractivity contribution is 6.30. The maximum absolute atomic E-state index is 14.7. The number of benzene rings is 1. The third kappa shape index (κ3) is 3.16. The molecule has 138 valence electrons. The molecule has 6 heteroatoms. The molecule has 1 amide bonds. The molecule has 25 heavy (non-hydrogen) atoms. The van der Waals surface area contributed by atoms with E-state index in [9.17, 15) is 18.0 Å². The number of alkyl halides is 1. The molecule has 0 spiro atoms. The summed E-state index contributed by atoms with van der Waals surface area (Å²) in [6, 6.07) is 1.35. The minimum absolute atomic E-state index is 0.196. The quantitative estimate of drug-likeness (QED) is 0.679. The van der Waals surface area contributed by atoms with Crippen molar-refractivity contribution in [3.63, 3.8) is 0 Å². The van der Waals surface area contributed by atoms with Crippen LogP contribution in [-0.2, 0) is 4.79 Å². The molecular formula is C19H23ClF3NO. The van der Waals surface area contributed by atoms with Gasteiger partial charge >= 0.3 is 0 Å². The maximum Gasteiger partial charge on any atom is 0.223 e. The van der Waals surface area contributed by atoms with E-state index in [2.05, 4.69) is 5.32 Å². The van der Waals surface area contributed by atoms with Gasteiger partial charge in [-0.15, -0.1) is 0 Å². The van der Waals surface area contributed by atoms with Gasteiger partial charge in [0.1, 0.15) is 17.3 Å². The van der Waals surface area contributed by atoms with Gasteiger partial charge in [0.05, 0.1) is 11.1 Å². The van der Waals surface area contributed by atoms with Crippen LogP contribution in [-0.4, -0.2) is 11.6 Å². The van der Waals surface area contributed by atoms with Gasteiger partial charge < -0.3 is 5.32 Å². The second kappa shape index (κ2) is 6.49. The van der Waals surface area contributed by atoms with Crippen LogP contribution in [0.3, 0.4) is 0 Å². The number of nitrogens with one attached hydrogen (secondary N) is 1. The molecule has 3 rings (SSSR count). The van der Waals surface area contributed by atoms with Crippen molar-refractivity contribution in [3.05, 3.63) is 34.4 Å². The van der Waals surface area contributed by atoms with Crippen LogP contribution in [0.4, 0.5) is 13.2 Å². The minimum Gasteiger partial charge on any atom is -0.348 e. The Labute approximate surface area is 151 Å². The monoisotopic (exact) mass is 373 g/mol. The highest BCUT2D eigenvalue weighted by atomic mass is 35.5. The molecule has 2 atom stereocenters. The van der Waals surface area contributed by atoms with Crippen molar-refractivity contribution in [1.82, 2.24) is 5.32 Å². The number of hydrogen-bond acceptors (Lipinski definition) is 1. The van der Waals surface area contributed by atoms with Crippen LogP contribution in [0.5, 0.6) is 0 Å². The first-order chi connectivity index (χ1) is 11.7. The van der Waals surface area contributed by atoms with Gasteiger partial charge in [-0.1, -0.05) is 25.4 Å². The Hall–Kier alpha value is -1.23. The molecule has 2 fully saturated rings. The Bertz CT molecular complexity index is 685. The highest BCUT2D eigenvalue weighted by Gasteiger charge is 2.59. The van der Waals surface area contributed by atoms with Gasteiger partial charge in [0.25, 0.3) is 0 Å². The number of hydrogen-bond donors (Lipinski definition) is 1. The molecule has 2 bridgehead atoms. The molecule has 0 saturated heterocycles. The van der Waals surface area contributed by atoms with E-state index in [1.807, 2.05) is 6.92 Å². The molecule has 0 heterocycles. The van der Waals surface area contributed by atoms with E-state index in [0.717, 1.165) is 12.1 Å². The van der Waals surface area contributed by atoms with Crippen molar-refractivity contribution in [2.75, 3.05) is 0 Å². The molecule has 0 radical (unpaired) electrons. The number of carbonyl (C=O) groups excluding carboxylic acids is 1. The van der Waals surface area contributed by atoms with Crippen LogP contribution < -0.4 is 5.32 Å². The van der Waals surface area contributed by atoms with E-state index >= 15 is 0 Å². The summed E-state index contributed by atoms with van der Waals surface area (Å²) in [5.41, 5.74) is -2.19. The number of halogens is 4. The Morgan fingerprint density at radius 3 is 2.44 bits per heavy atom. The lowest BCUT2D eigenvalue weighted by Crippen LogP contribution is -2.42. The summed E-state index contributed by atoms with van der Waals surface area (Å²) in [6.45, 7) is 3.63. The first-order valence-corrected chi connectivity index (χ1v) is 9.22. The third-order valence-corrected chi connectivity index (χ3v) is 6.43. The van der Waals surface area contributed by atoms with E-state index in [0.29, 0.717) is 32.1 Å². The topological polar surface area (TPSA) is 29.1 Å². The number of amides is 1. The smallest absolute Gasteiger partial charge is 0.223 e. The lowest BCUT2D eigenvalue weighted by atomic mass is 9.74. The van der Waals surface area contributed by atoms with E-state index in [-0.39, 0.29) is 28.8 Å². The molecular weight excluding hydrogens is 351 g/mol. The zero-order chi connectivity index (χ0) is 18.4. The van der Waals surface area contributed by atoms with Crippen molar-refractivity contribution in [3.8, 4) is 0 Å². The SMILES string of the molecule is CCC(C)C(=O)NC(c1c(F)ccc(Cl)c1F)C12CCC(F)(CC1)C2. The second-order valence-corrected chi connectivity index (χ2v) is 8.11. The first-order valence-electron chi connectivity index (χ1n) is 8.84. The van der Waals surface area contributed by atoms with Gasteiger partial charge in [0.2, 0.25) is 5.91 Å². The Kier molecular flexibility index (Phi) is 4.82. The third-order valence-electron chi connectivity index (χ3n) is 6.14. The summed E-state index contributed by atoms with van der Waals surface area (Å²) in [5, 5.41) is 2.63. The molecule has 1 N–H and O–H groups in total. The Morgan fingerprint density at radius 1 is 1.28 bits per heavy atom. The number of rotatable bonds is 5. The summed E-state index contributed by atoms with van der Waals surface area (Å²) < 4.78 is 44.0. The minimum atomic E-state index is -1.29. The summed E-state index contributed by atoms with van der Waals surface area (Å²) in [4.78, 5) is 12.5. The van der Waals surface area contributed by atoms with Crippen molar-refractivity contribution >= 4 is 17.5 Å². The van der Waals surface area contributed by atoms with Gasteiger partial charge in [-0.05, 0) is 56.1 Å². The lowest BCUT2D eigenvalue weighted by Gasteiger charge is -2.37. The molecule has 2 aliphatic rings. The summed E-state index contributed by atoms with van der Waals surface area (Å²) in [6.07, 6.45) is 2.57. The van der Waals surface area contributed by atoms with Crippen LogP contribution >= 0.6 is 11.6 Å². The molecule has 0 aromatic heterocycles. The lowest BCUT2D eigenvalue weighted by molar-refractivity contribution is -0.126. The fourth-order valence-corrected chi connectivity index (χ4v) is 4.54. The zero-order valence-electron chi connectivity index (χ0n) is 14.5. The summed E-state index contributed by atoms with van der Waals surface area (Å²) in [5.74, 6) is -2.19. The van der Waals surface area contributed by atoms with Crippen LogP contribution in [0, 0.1) is 23.0 Å². The Morgan fingerprint density at radius 2 is 1.92 bits per heavy atom. The molecule has 1 aromatic carbocycles. The van der Waals surface area contributed by atoms with E-state index in [1.54, 1.807) is 6.92 Å². The molecule has 2 unspecified atom stereocenters. The predicted molar refractivity (Wildman–Crippen MR) is 91.1 cm³/mol. The molecule has 0 aliphatic heterocycles. The van der Waals surface area contributed by atoms with Crippen molar-refractivity contribution in [2.24, 2.45) is 11.3 Å². The van der Waals surface area contributed by atoms with E-state index in [4.69, 9.17) is 11.6 Å². The highest BCUT2D eigenvalue weighted by Crippen LogP contribution is 2.63. The summed E-state index contributed by atoms with van der Waals surface area (Å²) in [7, 11) is 0. The van der Waals surface area contributed by atoms with Crippen LogP contribution in [0.1, 0.15) is 64.0 Å². The van der Waals surface area contributed by atoms with Crippen LogP contribution in [0.25, 0.3) is 0 Å².